The first-order valence-corrected chi connectivity index (χ1v) is 11.0. The minimum absolute atomic E-state index is 0.00853. The molecule has 0 fully saturated rings. The predicted octanol–water partition coefficient (Wildman–Crippen LogP) is 4.65. The fourth-order valence-electron chi connectivity index (χ4n) is 3.00. The molecule has 6 heteroatoms. The second kappa shape index (κ2) is 10.3. The van der Waals surface area contributed by atoms with Gasteiger partial charge in [-0.2, -0.15) is 0 Å². The van der Waals surface area contributed by atoms with Gasteiger partial charge in [-0.25, -0.2) is 4.98 Å². The van der Waals surface area contributed by atoms with Gasteiger partial charge in [0.2, 0.25) is 11.1 Å². The van der Waals surface area contributed by atoms with Crippen molar-refractivity contribution in [2.75, 3.05) is 0 Å². The van der Waals surface area contributed by atoms with Gasteiger partial charge in [0.1, 0.15) is 0 Å². The Morgan fingerprint density at radius 3 is 2.48 bits per heavy atom. The van der Waals surface area contributed by atoms with Crippen molar-refractivity contribution in [3.63, 3.8) is 0 Å². The van der Waals surface area contributed by atoms with Crippen LogP contribution in [0, 0.1) is 0 Å². The number of aromatic amines is 1. The Hall–Kier alpha value is -2.60. The summed E-state index contributed by atoms with van der Waals surface area (Å²) in [6.07, 6.45) is 2.87. The Labute approximate surface area is 176 Å². The van der Waals surface area contributed by atoms with Crippen LogP contribution in [0.1, 0.15) is 38.3 Å². The Kier molecular flexibility index (Phi) is 7.47. The van der Waals surface area contributed by atoms with Gasteiger partial charge in [-0.15, -0.1) is 5.10 Å². The summed E-state index contributed by atoms with van der Waals surface area (Å²) in [5.74, 6) is 0.730. The van der Waals surface area contributed by atoms with E-state index in [0.29, 0.717) is 5.16 Å². The van der Waals surface area contributed by atoms with E-state index in [-0.39, 0.29) is 17.2 Å². The van der Waals surface area contributed by atoms with Crippen LogP contribution in [0.5, 0.6) is 0 Å². The minimum Gasteiger partial charge on any atom is -0.353 e. The third-order valence-electron chi connectivity index (χ3n) is 4.85. The zero-order chi connectivity index (χ0) is 20.6. The van der Waals surface area contributed by atoms with E-state index in [9.17, 15) is 4.79 Å². The van der Waals surface area contributed by atoms with Gasteiger partial charge < -0.3 is 5.32 Å². The van der Waals surface area contributed by atoms with Crippen molar-refractivity contribution in [2.24, 2.45) is 0 Å². The van der Waals surface area contributed by atoms with Crippen molar-refractivity contribution in [1.82, 2.24) is 20.5 Å². The van der Waals surface area contributed by atoms with Crippen LogP contribution in [-0.4, -0.2) is 32.4 Å². The number of H-pyrrole nitrogens is 1. The summed E-state index contributed by atoms with van der Waals surface area (Å²) in [7, 11) is 0. The first-order valence-electron chi connectivity index (χ1n) is 10.1. The number of rotatable bonds is 9. The first kappa shape index (κ1) is 21.1. The molecule has 1 heterocycles. The van der Waals surface area contributed by atoms with Crippen LogP contribution < -0.4 is 5.32 Å². The van der Waals surface area contributed by atoms with E-state index in [1.54, 1.807) is 0 Å². The molecule has 2 aromatic carbocycles. The molecule has 0 aliphatic heterocycles. The third kappa shape index (κ3) is 6.19. The lowest BCUT2D eigenvalue weighted by molar-refractivity contribution is -0.120. The monoisotopic (exact) mass is 408 g/mol. The molecule has 0 saturated heterocycles. The highest BCUT2D eigenvalue weighted by molar-refractivity contribution is 8.00. The Balaban J connectivity index is 1.49. The molecule has 0 radical (unpaired) electrons. The number of aryl methyl sites for hydroxylation is 2. The smallest absolute Gasteiger partial charge is 0.233 e. The standard InChI is InChI=1S/C23H28N4OS/c1-4-18-12-14-20(15-13-18)21-25-23(27-26-21)29-17(3)22(28)24-16(2)10-11-19-8-6-5-7-9-19/h5-9,12-17H,4,10-11H2,1-3H3,(H,24,28)(H,25,26,27). The molecule has 0 aliphatic rings. The average Bonchev–Trinajstić information content (AvgIpc) is 3.21. The van der Waals surface area contributed by atoms with Gasteiger partial charge in [-0.3, -0.25) is 9.89 Å². The first-order chi connectivity index (χ1) is 14.0. The molecule has 0 saturated carbocycles. The van der Waals surface area contributed by atoms with Crippen molar-refractivity contribution >= 4 is 17.7 Å². The van der Waals surface area contributed by atoms with Crippen molar-refractivity contribution in [3.05, 3.63) is 65.7 Å². The minimum atomic E-state index is -0.264. The molecular formula is C23H28N4OS. The molecule has 0 spiro atoms. The van der Waals surface area contributed by atoms with Crippen molar-refractivity contribution in [3.8, 4) is 11.4 Å². The lowest BCUT2D eigenvalue weighted by atomic mass is 10.1. The van der Waals surface area contributed by atoms with E-state index < -0.39 is 0 Å². The Morgan fingerprint density at radius 1 is 1.07 bits per heavy atom. The average molecular weight is 409 g/mol. The van der Waals surface area contributed by atoms with E-state index in [1.165, 1.54) is 22.9 Å². The molecule has 2 atom stereocenters. The highest BCUT2D eigenvalue weighted by atomic mass is 32.2. The Bertz CT molecular complexity index is 908. The summed E-state index contributed by atoms with van der Waals surface area (Å²) >= 11 is 1.37. The zero-order valence-electron chi connectivity index (χ0n) is 17.2. The maximum Gasteiger partial charge on any atom is 0.233 e. The predicted molar refractivity (Wildman–Crippen MR) is 119 cm³/mol. The highest BCUT2D eigenvalue weighted by Crippen LogP contribution is 2.23. The number of nitrogens with one attached hydrogen (secondary N) is 2. The molecule has 0 aliphatic carbocycles. The maximum atomic E-state index is 12.5. The van der Waals surface area contributed by atoms with Crippen LogP contribution in [0.15, 0.2) is 59.8 Å². The second-order valence-corrected chi connectivity index (χ2v) is 8.52. The van der Waals surface area contributed by atoms with Crippen LogP contribution in [-0.2, 0) is 17.6 Å². The lowest BCUT2D eigenvalue weighted by Crippen LogP contribution is -2.37. The second-order valence-electron chi connectivity index (χ2n) is 7.21. The van der Waals surface area contributed by atoms with E-state index >= 15 is 0 Å². The number of hydrogen-bond donors (Lipinski definition) is 2. The van der Waals surface area contributed by atoms with E-state index in [2.05, 4.69) is 51.7 Å². The quantitative estimate of drug-likeness (QED) is 0.506. The van der Waals surface area contributed by atoms with Crippen LogP contribution in [0.2, 0.25) is 0 Å². The number of nitrogens with zero attached hydrogens (tertiary/aromatic N) is 2. The van der Waals surface area contributed by atoms with Crippen LogP contribution >= 0.6 is 11.8 Å². The van der Waals surface area contributed by atoms with Crippen molar-refractivity contribution in [2.45, 2.75) is 56.5 Å². The van der Waals surface area contributed by atoms with Gasteiger partial charge in [-0.05, 0) is 44.2 Å². The van der Waals surface area contributed by atoms with Gasteiger partial charge >= 0.3 is 0 Å². The molecule has 2 unspecified atom stereocenters. The zero-order valence-corrected chi connectivity index (χ0v) is 18.0. The van der Waals surface area contributed by atoms with Gasteiger partial charge in [0, 0.05) is 11.6 Å². The van der Waals surface area contributed by atoms with Crippen molar-refractivity contribution in [1.29, 1.82) is 0 Å². The van der Waals surface area contributed by atoms with Crippen LogP contribution in [0.25, 0.3) is 11.4 Å². The van der Waals surface area contributed by atoms with Crippen LogP contribution in [0.4, 0.5) is 0 Å². The molecule has 3 rings (SSSR count). The molecule has 3 aromatic rings. The molecular weight excluding hydrogens is 380 g/mol. The van der Waals surface area contributed by atoms with E-state index in [4.69, 9.17) is 0 Å². The topological polar surface area (TPSA) is 70.7 Å². The molecule has 5 nitrogen and oxygen atoms in total. The summed E-state index contributed by atoms with van der Waals surface area (Å²) in [5.41, 5.74) is 3.57. The summed E-state index contributed by atoms with van der Waals surface area (Å²) in [4.78, 5) is 17.0. The van der Waals surface area contributed by atoms with Gasteiger partial charge in [0.05, 0.1) is 5.25 Å². The third-order valence-corrected chi connectivity index (χ3v) is 5.81. The number of thioether (sulfide) groups is 1. The normalized spacial score (nSPS) is 13.1. The van der Waals surface area contributed by atoms with Gasteiger partial charge in [0.25, 0.3) is 0 Å². The van der Waals surface area contributed by atoms with E-state index in [0.717, 1.165) is 30.7 Å². The number of benzene rings is 2. The largest absolute Gasteiger partial charge is 0.353 e. The van der Waals surface area contributed by atoms with Crippen LogP contribution in [0.3, 0.4) is 0 Å². The fraction of sp³-hybridized carbons (Fsp3) is 0.348. The summed E-state index contributed by atoms with van der Waals surface area (Å²) in [5, 5.41) is 10.6. The molecule has 29 heavy (non-hydrogen) atoms. The van der Waals surface area contributed by atoms with Gasteiger partial charge in [0.15, 0.2) is 5.82 Å². The number of carbonyl (C=O) groups excluding carboxylic acids is 1. The summed E-state index contributed by atoms with van der Waals surface area (Å²) < 4.78 is 0. The number of aromatic nitrogens is 3. The maximum absolute atomic E-state index is 12.5. The summed E-state index contributed by atoms with van der Waals surface area (Å²) in [6.45, 7) is 6.06. The SMILES string of the molecule is CCc1ccc(-c2nc(SC(C)C(=O)NC(C)CCc3ccccc3)n[nH]2)cc1. The molecule has 1 amide bonds. The number of amides is 1. The van der Waals surface area contributed by atoms with Crippen molar-refractivity contribution < 1.29 is 4.79 Å². The molecule has 2 N–H and O–H groups in total. The summed E-state index contributed by atoms with van der Waals surface area (Å²) in [6, 6.07) is 18.7. The number of carbonyl (C=O) groups is 1. The molecule has 0 bridgehead atoms. The highest BCUT2D eigenvalue weighted by Gasteiger charge is 2.19. The number of hydrogen-bond acceptors (Lipinski definition) is 4. The fourth-order valence-corrected chi connectivity index (χ4v) is 3.73. The molecule has 1 aromatic heterocycles. The van der Waals surface area contributed by atoms with E-state index in [1.807, 2.05) is 44.2 Å². The molecule has 152 valence electrons. The van der Waals surface area contributed by atoms with Gasteiger partial charge in [-0.1, -0.05) is 73.3 Å². The Morgan fingerprint density at radius 2 is 1.79 bits per heavy atom. The lowest BCUT2D eigenvalue weighted by Gasteiger charge is -2.16.